The molecule has 8 aliphatic rings. The highest BCUT2D eigenvalue weighted by Gasteiger charge is 2.70. The van der Waals surface area contributed by atoms with E-state index in [1.165, 1.54) is 41.4 Å². The highest BCUT2D eigenvalue weighted by Crippen LogP contribution is 2.77. The van der Waals surface area contributed by atoms with E-state index >= 15 is 0 Å². The first-order chi connectivity index (χ1) is 14.3. The summed E-state index contributed by atoms with van der Waals surface area (Å²) in [5.74, 6) is 15.2. The lowest BCUT2D eigenvalue weighted by atomic mass is 9.30. The summed E-state index contributed by atoms with van der Waals surface area (Å²) < 4.78 is 0. The van der Waals surface area contributed by atoms with Gasteiger partial charge < -0.3 is 0 Å². The number of fused-ring (bicyclic) bond motifs is 2. The third-order valence-corrected chi connectivity index (χ3v) is 13.9. The molecule has 0 bridgehead atoms. The van der Waals surface area contributed by atoms with E-state index in [0.717, 1.165) is 40.9 Å². The average molecular weight is 393 g/mol. The van der Waals surface area contributed by atoms with Crippen LogP contribution in [0.15, 0.2) is 0 Å². The van der Waals surface area contributed by atoms with Crippen LogP contribution in [-0.2, 0) is 0 Å². The fourth-order valence-electron chi connectivity index (χ4n) is 13.6. The second kappa shape index (κ2) is 5.86. The number of hydrogen-bond acceptors (Lipinski definition) is 0. The van der Waals surface area contributed by atoms with Crippen molar-refractivity contribution in [2.75, 3.05) is 0 Å². The quantitative estimate of drug-likeness (QED) is 0.398. The lowest BCUT2D eigenvalue weighted by molar-refractivity contribution is -0.271. The molecule has 0 heterocycles. The molecule has 160 valence electrons. The maximum absolute atomic E-state index is 2.88. The van der Waals surface area contributed by atoms with Crippen LogP contribution in [0.3, 0.4) is 0 Å². The molecule has 0 spiro atoms. The molecule has 14 unspecified atom stereocenters. The molecule has 0 aliphatic heterocycles. The van der Waals surface area contributed by atoms with Crippen molar-refractivity contribution < 1.29 is 0 Å². The molecule has 0 aromatic carbocycles. The molecular weight excluding hydrogens is 348 g/mol. The summed E-state index contributed by atoms with van der Waals surface area (Å²) in [6, 6.07) is 0. The van der Waals surface area contributed by atoms with Gasteiger partial charge in [-0.25, -0.2) is 0 Å². The molecule has 0 amide bonds. The second-order valence-electron chi connectivity index (χ2n) is 14.0. The molecule has 8 rings (SSSR count). The van der Waals surface area contributed by atoms with Crippen LogP contribution in [0.5, 0.6) is 0 Å². The Labute approximate surface area is 179 Å². The van der Waals surface area contributed by atoms with Gasteiger partial charge in [0.2, 0.25) is 0 Å². The molecule has 0 radical (unpaired) electrons. The Morgan fingerprint density at radius 3 is 2.03 bits per heavy atom. The molecule has 0 nitrogen and oxygen atoms in total. The molecule has 0 aromatic rings. The van der Waals surface area contributed by atoms with Crippen molar-refractivity contribution in [3.8, 4) is 0 Å². The zero-order chi connectivity index (χ0) is 18.9. The van der Waals surface area contributed by atoms with Gasteiger partial charge in [-0.2, -0.15) is 0 Å². The fraction of sp³-hybridized carbons (Fsp3) is 1.00. The van der Waals surface area contributed by atoms with E-state index in [9.17, 15) is 0 Å². The average Bonchev–Trinajstić information content (AvgIpc) is 2.76. The Hall–Kier alpha value is 0. The van der Waals surface area contributed by atoms with Crippen molar-refractivity contribution in [1.29, 1.82) is 0 Å². The zero-order valence-electron chi connectivity index (χ0n) is 18.9. The smallest absolute Gasteiger partial charge is 0.0261 e. The molecule has 0 heteroatoms. The minimum atomic E-state index is 0.745. The van der Waals surface area contributed by atoms with Crippen molar-refractivity contribution in [1.82, 2.24) is 0 Å². The molecule has 0 N–H and O–H groups in total. The van der Waals surface area contributed by atoms with Crippen LogP contribution < -0.4 is 0 Å². The highest BCUT2D eigenvalue weighted by molar-refractivity contribution is 5.18. The summed E-state index contributed by atoms with van der Waals surface area (Å²) >= 11 is 0. The van der Waals surface area contributed by atoms with E-state index in [0.29, 0.717) is 0 Å². The number of rotatable bonds is 0. The highest BCUT2D eigenvalue weighted by atomic mass is 14.7. The van der Waals surface area contributed by atoms with E-state index < -0.39 is 0 Å². The van der Waals surface area contributed by atoms with Gasteiger partial charge in [-0.1, -0.05) is 32.6 Å². The molecule has 0 saturated heterocycles. The van der Waals surface area contributed by atoms with Crippen molar-refractivity contribution in [3.63, 3.8) is 0 Å². The molecule has 8 fully saturated rings. The molecule has 8 saturated carbocycles. The minimum absolute atomic E-state index is 0.745. The molecule has 0 aromatic heterocycles. The Morgan fingerprint density at radius 2 is 1.14 bits per heavy atom. The van der Waals surface area contributed by atoms with Crippen LogP contribution in [-0.4, -0.2) is 0 Å². The van der Waals surface area contributed by atoms with E-state index in [-0.39, 0.29) is 0 Å². The number of hydrogen-bond donors (Lipinski definition) is 0. The molecule has 8 aliphatic carbocycles. The van der Waals surface area contributed by atoms with Gasteiger partial charge in [-0.05, 0) is 147 Å². The summed E-state index contributed by atoms with van der Waals surface area (Å²) in [6.07, 6.45) is 22.8. The van der Waals surface area contributed by atoms with Crippen LogP contribution in [0.4, 0.5) is 0 Å². The van der Waals surface area contributed by atoms with Crippen LogP contribution in [0, 0.1) is 82.3 Å². The third kappa shape index (κ3) is 2.01. The Bertz CT molecular complexity index is 694. The molecule has 29 heavy (non-hydrogen) atoms. The first-order valence-corrected chi connectivity index (χ1v) is 14.3. The van der Waals surface area contributed by atoms with E-state index in [2.05, 4.69) is 6.92 Å². The zero-order valence-corrected chi connectivity index (χ0v) is 18.9. The Morgan fingerprint density at radius 1 is 0.483 bits per heavy atom. The first kappa shape index (κ1) is 17.5. The lowest BCUT2D eigenvalue weighted by Gasteiger charge is -2.75. The topological polar surface area (TPSA) is 0 Å². The maximum atomic E-state index is 2.88. The third-order valence-electron chi connectivity index (χ3n) is 13.9. The summed E-state index contributed by atoms with van der Waals surface area (Å²) in [4.78, 5) is 0. The van der Waals surface area contributed by atoms with E-state index in [4.69, 9.17) is 0 Å². The predicted octanol–water partition coefficient (Wildman–Crippen LogP) is 7.57. The van der Waals surface area contributed by atoms with Gasteiger partial charge in [0.05, 0.1) is 0 Å². The van der Waals surface area contributed by atoms with Crippen molar-refractivity contribution in [3.05, 3.63) is 0 Å². The van der Waals surface area contributed by atoms with Crippen LogP contribution in [0.2, 0.25) is 0 Å². The summed E-state index contributed by atoms with van der Waals surface area (Å²) in [6.45, 7) is 2.88. The van der Waals surface area contributed by atoms with E-state index in [1.54, 1.807) is 89.9 Å². The van der Waals surface area contributed by atoms with Crippen molar-refractivity contribution >= 4 is 0 Å². The standard InChI is InChI=1S/C29H44/c1-29-15-3-5-19-10-9-18-11-13-21-20-6-2-4-16-7-8-17-12-14-22(29)27(24(17)23(16)20)26(21)25(18)28(19)29/h16-28H,2-15H2,1H3. The Kier molecular flexibility index (Phi) is 3.55. The van der Waals surface area contributed by atoms with Crippen molar-refractivity contribution in [2.24, 2.45) is 82.3 Å². The monoisotopic (exact) mass is 392 g/mol. The van der Waals surface area contributed by atoms with Gasteiger partial charge in [-0.15, -0.1) is 0 Å². The second-order valence-corrected chi connectivity index (χ2v) is 14.0. The van der Waals surface area contributed by atoms with E-state index in [1.807, 2.05) is 0 Å². The van der Waals surface area contributed by atoms with Gasteiger partial charge in [0.25, 0.3) is 0 Å². The fourth-order valence-corrected chi connectivity index (χ4v) is 13.6. The van der Waals surface area contributed by atoms with Crippen LogP contribution in [0.1, 0.15) is 96.8 Å². The van der Waals surface area contributed by atoms with Crippen molar-refractivity contribution in [2.45, 2.75) is 96.8 Å². The van der Waals surface area contributed by atoms with Gasteiger partial charge in [0, 0.05) is 0 Å². The van der Waals surface area contributed by atoms with Gasteiger partial charge in [0.15, 0.2) is 0 Å². The normalized spacial score (nSPS) is 66.7. The molecular formula is C29H44. The molecule has 14 atom stereocenters. The first-order valence-electron chi connectivity index (χ1n) is 14.3. The van der Waals surface area contributed by atoms with Gasteiger partial charge >= 0.3 is 0 Å². The minimum Gasteiger partial charge on any atom is -0.0591 e. The maximum Gasteiger partial charge on any atom is -0.0261 e. The van der Waals surface area contributed by atoms with Crippen LogP contribution in [0.25, 0.3) is 0 Å². The summed E-state index contributed by atoms with van der Waals surface area (Å²) in [5.41, 5.74) is 0.745. The summed E-state index contributed by atoms with van der Waals surface area (Å²) in [5, 5.41) is 0. The largest absolute Gasteiger partial charge is 0.0591 e. The van der Waals surface area contributed by atoms with Crippen LogP contribution >= 0.6 is 0 Å². The van der Waals surface area contributed by atoms with Gasteiger partial charge in [-0.3, -0.25) is 0 Å². The Balaban J connectivity index is 1.32. The SMILES string of the molecule is CC12CCCC3CCC4CCC5C6CCCC7CCC8CCC1C(C8C76)C5C4C32. The van der Waals surface area contributed by atoms with Gasteiger partial charge in [0.1, 0.15) is 0 Å². The lowest BCUT2D eigenvalue weighted by Crippen LogP contribution is -2.69. The predicted molar refractivity (Wildman–Crippen MR) is 118 cm³/mol. The summed E-state index contributed by atoms with van der Waals surface area (Å²) in [7, 11) is 0.